The molecule has 96 valence electrons. The van der Waals surface area contributed by atoms with E-state index in [1.165, 1.54) is 11.6 Å². The lowest BCUT2D eigenvalue weighted by Gasteiger charge is -2.15. The predicted molar refractivity (Wildman–Crippen MR) is 68.3 cm³/mol. The fourth-order valence-electron chi connectivity index (χ4n) is 1.99. The molecule has 0 aromatic heterocycles. The van der Waals surface area contributed by atoms with Crippen molar-refractivity contribution < 1.29 is 16.8 Å². The lowest BCUT2D eigenvalue weighted by molar-refractivity contribution is -0.00000407. The van der Waals surface area contributed by atoms with Crippen LogP contribution in [0, 0.1) is 5.82 Å². The molecule has 0 saturated carbocycles. The monoisotopic (exact) mass is 264 g/mol. The van der Waals surface area contributed by atoms with Crippen LogP contribution in [0.1, 0.15) is 17.0 Å². The van der Waals surface area contributed by atoms with E-state index in [0.717, 1.165) is 5.56 Å². The van der Waals surface area contributed by atoms with E-state index in [-0.39, 0.29) is 24.1 Å². The Morgan fingerprint density at radius 1 is 0.944 bits per heavy atom. The van der Waals surface area contributed by atoms with E-state index in [1.807, 2.05) is 42.5 Å². The fourth-order valence-corrected chi connectivity index (χ4v) is 1.99. The SMILES string of the molecule is NCC(Cc1ccccc1F)c1ccccc1.[Cl-]. The molecule has 2 rings (SSSR count). The Kier molecular flexibility index (Phi) is 5.83. The fraction of sp³-hybridized carbons (Fsp3) is 0.200. The molecule has 18 heavy (non-hydrogen) atoms. The first kappa shape index (κ1) is 14.7. The Labute approximate surface area is 113 Å². The average Bonchev–Trinajstić information content (AvgIpc) is 2.39. The maximum atomic E-state index is 13.6. The highest BCUT2D eigenvalue weighted by atomic mass is 35.5. The van der Waals surface area contributed by atoms with Crippen LogP contribution >= 0.6 is 0 Å². The molecule has 0 aliphatic heterocycles. The van der Waals surface area contributed by atoms with E-state index < -0.39 is 0 Å². The zero-order valence-electron chi connectivity index (χ0n) is 10.0. The van der Waals surface area contributed by atoms with Crippen LogP contribution in [0.5, 0.6) is 0 Å². The van der Waals surface area contributed by atoms with Crippen molar-refractivity contribution in [3.63, 3.8) is 0 Å². The van der Waals surface area contributed by atoms with E-state index in [1.54, 1.807) is 6.07 Å². The topological polar surface area (TPSA) is 26.0 Å². The quantitative estimate of drug-likeness (QED) is 0.834. The lowest BCUT2D eigenvalue weighted by atomic mass is 9.92. The molecule has 0 aliphatic rings. The molecule has 0 heterocycles. The Balaban J connectivity index is 0.00000162. The largest absolute Gasteiger partial charge is 1.00 e. The molecule has 0 aliphatic carbocycles. The Bertz CT molecular complexity index is 473. The van der Waals surface area contributed by atoms with Crippen LogP contribution in [0.4, 0.5) is 4.39 Å². The van der Waals surface area contributed by atoms with Gasteiger partial charge in [0.2, 0.25) is 0 Å². The highest BCUT2D eigenvalue weighted by molar-refractivity contribution is 5.25. The number of rotatable bonds is 4. The van der Waals surface area contributed by atoms with Crippen molar-refractivity contribution >= 4 is 0 Å². The summed E-state index contributed by atoms with van der Waals surface area (Å²) >= 11 is 0. The summed E-state index contributed by atoms with van der Waals surface area (Å²) in [6.45, 7) is 0.526. The Hall–Kier alpha value is -1.38. The second-order valence-electron chi connectivity index (χ2n) is 4.14. The van der Waals surface area contributed by atoms with Gasteiger partial charge in [-0.3, -0.25) is 0 Å². The summed E-state index contributed by atoms with van der Waals surface area (Å²) in [6, 6.07) is 16.9. The molecular weight excluding hydrogens is 249 g/mol. The van der Waals surface area contributed by atoms with Crippen LogP contribution in [0.15, 0.2) is 54.6 Å². The van der Waals surface area contributed by atoms with Crippen LogP contribution in [-0.2, 0) is 6.42 Å². The Morgan fingerprint density at radius 3 is 2.17 bits per heavy atom. The van der Waals surface area contributed by atoms with Gasteiger partial charge in [-0.1, -0.05) is 48.5 Å². The van der Waals surface area contributed by atoms with Gasteiger partial charge in [0.1, 0.15) is 5.82 Å². The molecule has 1 atom stereocenters. The first-order valence-corrected chi connectivity index (χ1v) is 5.79. The summed E-state index contributed by atoms with van der Waals surface area (Å²) in [5, 5.41) is 0. The third-order valence-electron chi connectivity index (χ3n) is 2.98. The van der Waals surface area contributed by atoms with E-state index >= 15 is 0 Å². The van der Waals surface area contributed by atoms with E-state index in [4.69, 9.17) is 5.73 Å². The first-order valence-electron chi connectivity index (χ1n) is 5.79. The molecule has 1 unspecified atom stereocenters. The van der Waals surface area contributed by atoms with Crippen molar-refractivity contribution in [2.45, 2.75) is 12.3 Å². The molecule has 2 aromatic carbocycles. The summed E-state index contributed by atoms with van der Waals surface area (Å²) in [5.41, 5.74) is 7.67. The van der Waals surface area contributed by atoms with Gasteiger partial charge in [-0.2, -0.15) is 0 Å². The summed E-state index contributed by atoms with van der Waals surface area (Å²) in [5.74, 6) is 0.0231. The minimum atomic E-state index is -0.151. The molecule has 0 bridgehead atoms. The predicted octanol–water partition coefficient (Wildman–Crippen LogP) is 0.115. The molecule has 0 spiro atoms. The molecule has 1 nitrogen and oxygen atoms in total. The van der Waals surface area contributed by atoms with Crippen molar-refractivity contribution in [2.75, 3.05) is 6.54 Å². The smallest absolute Gasteiger partial charge is 0.126 e. The summed E-state index contributed by atoms with van der Waals surface area (Å²) < 4.78 is 13.6. The van der Waals surface area contributed by atoms with Gasteiger partial charge >= 0.3 is 0 Å². The molecule has 0 saturated heterocycles. The van der Waals surface area contributed by atoms with Gasteiger partial charge in [-0.25, -0.2) is 4.39 Å². The minimum absolute atomic E-state index is 0. The zero-order chi connectivity index (χ0) is 12.1. The first-order chi connectivity index (χ1) is 8.31. The maximum absolute atomic E-state index is 13.6. The lowest BCUT2D eigenvalue weighted by Crippen LogP contribution is -3.00. The van der Waals surface area contributed by atoms with Crippen molar-refractivity contribution in [3.8, 4) is 0 Å². The normalized spacial score (nSPS) is 11.7. The standard InChI is InChI=1S/C15H16FN.ClH/c16-15-9-5-4-8-13(15)10-14(11-17)12-6-2-1-3-7-12;/h1-9,14H,10-11,17H2;1H/p-1. The van der Waals surface area contributed by atoms with Gasteiger partial charge in [-0.15, -0.1) is 0 Å². The van der Waals surface area contributed by atoms with Gasteiger partial charge in [0, 0.05) is 5.92 Å². The zero-order valence-corrected chi connectivity index (χ0v) is 10.8. The number of hydrogen-bond donors (Lipinski definition) is 1. The second-order valence-corrected chi connectivity index (χ2v) is 4.14. The van der Waals surface area contributed by atoms with Crippen LogP contribution in [-0.4, -0.2) is 6.54 Å². The Morgan fingerprint density at radius 2 is 1.56 bits per heavy atom. The molecule has 2 N–H and O–H groups in total. The summed E-state index contributed by atoms with van der Waals surface area (Å²) in [6.07, 6.45) is 0.646. The van der Waals surface area contributed by atoms with Crippen molar-refractivity contribution in [1.29, 1.82) is 0 Å². The van der Waals surface area contributed by atoms with Gasteiger partial charge in [0.25, 0.3) is 0 Å². The van der Waals surface area contributed by atoms with Crippen molar-refractivity contribution in [1.82, 2.24) is 0 Å². The number of hydrogen-bond acceptors (Lipinski definition) is 1. The third-order valence-corrected chi connectivity index (χ3v) is 2.98. The van der Waals surface area contributed by atoms with Crippen LogP contribution < -0.4 is 18.1 Å². The minimum Gasteiger partial charge on any atom is -1.00 e. The molecular formula is C15H16ClFN-. The second kappa shape index (κ2) is 7.14. The van der Waals surface area contributed by atoms with Gasteiger partial charge < -0.3 is 18.1 Å². The highest BCUT2D eigenvalue weighted by Crippen LogP contribution is 2.21. The van der Waals surface area contributed by atoms with Gasteiger partial charge in [0.15, 0.2) is 0 Å². The van der Waals surface area contributed by atoms with Gasteiger partial charge in [-0.05, 0) is 30.2 Å². The van der Waals surface area contributed by atoms with Crippen molar-refractivity contribution in [3.05, 3.63) is 71.5 Å². The van der Waals surface area contributed by atoms with Crippen LogP contribution in [0.2, 0.25) is 0 Å². The summed E-state index contributed by atoms with van der Waals surface area (Å²) in [7, 11) is 0. The van der Waals surface area contributed by atoms with E-state index in [2.05, 4.69) is 0 Å². The van der Waals surface area contributed by atoms with E-state index in [0.29, 0.717) is 13.0 Å². The molecule has 0 amide bonds. The van der Waals surface area contributed by atoms with Crippen LogP contribution in [0.25, 0.3) is 0 Å². The molecule has 0 radical (unpaired) electrons. The molecule has 2 aromatic rings. The number of nitrogens with two attached hydrogens (primary N) is 1. The van der Waals surface area contributed by atoms with Crippen molar-refractivity contribution in [2.24, 2.45) is 5.73 Å². The number of halogens is 2. The maximum Gasteiger partial charge on any atom is 0.126 e. The van der Waals surface area contributed by atoms with E-state index in [9.17, 15) is 4.39 Å². The highest BCUT2D eigenvalue weighted by Gasteiger charge is 2.12. The van der Waals surface area contributed by atoms with Gasteiger partial charge in [0.05, 0.1) is 0 Å². The molecule has 0 fully saturated rings. The third kappa shape index (κ3) is 3.56. The van der Waals surface area contributed by atoms with Crippen LogP contribution in [0.3, 0.4) is 0 Å². The summed E-state index contributed by atoms with van der Waals surface area (Å²) in [4.78, 5) is 0. The average molecular weight is 265 g/mol. The number of benzene rings is 2. The molecule has 3 heteroatoms.